The molecule has 0 unspecified atom stereocenters. The SMILES string of the molecule is CC(C)(C)OC(=O)N(N)C(=O)Nc1ccc(I)cc1. The van der Waals surface area contributed by atoms with Crippen LogP contribution in [0, 0.1) is 3.57 Å². The minimum atomic E-state index is -0.907. The predicted molar refractivity (Wildman–Crippen MR) is 80.4 cm³/mol. The number of nitrogens with zero attached hydrogens (tertiary/aromatic N) is 1. The highest BCUT2D eigenvalue weighted by Crippen LogP contribution is 2.12. The molecule has 19 heavy (non-hydrogen) atoms. The second-order valence-electron chi connectivity index (χ2n) is 4.79. The Bertz CT molecular complexity index is 468. The van der Waals surface area contributed by atoms with Crippen molar-refractivity contribution in [3.63, 3.8) is 0 Å². The van der Waals surface area contributed by atoms with Crippen molar-refractivity contribution in [2.24, 2.45) is 5.84 Å². The second kappa shape index (κ2) is 6.20. The van der Waals surface area contributed by atoms with E-state index in [9.17, 15) is 9.59 Å². The number of hydrogen-bond acceptors (Lipinski definition) is 4. The van der Waals surface area contributed by atoms with E-state index in [1.807, 2.05) is 12.1 Å². The molecule has 0 aliphatic rings. The maximum Gasteiger partial charge on any atom is 0.433 e. The molecular weight excluding hydrogens is 361 g/mol. The van der Waals surface area contributed by atoms with Crippen LogP contribution in [0.15, 0.2) is 24.3 Å². The van der Waals surface area contributed by atoms with Crippen LogP contribution in [-0.2, 0) is 4.74 Å². The standard InChI is InChI=1S/C12H16IN3O3/c1-12(2,3)19-11(18)16(14)10(17)15-9-6-4-8(13)5-7-9/h4-7H,14H2,1-3H3,(H,15,17). The van der Waals surface area contributed by atoms with Crippen LogP contribution < -0.4 is 11.2 Å². The fraction of sp³-hybridized carbons (Fsp3) is 0.333. The van der Waals surface area contributed by atoms with Crippen molar-refractivity contribution in [1.29, 1.82) is 0 Å². The number of amides is 3. The Labute approximate surface area is 125 Å². The number of ether oxygens (including phenoxy) is 1. The zero-order chi connectivity index (χ0) is 14.6. The molecule has 0 radical (unpaired) electrons. The van der Waals surface area contributed by atoms with Gasteiger partial charge in [-0.3, -0.25) is 0 Å². The molecule has 0 fully saturated rings. The van der Waals surface area contributed by atoms with Crippen LogP contribution in [0.4, 0.5) is 15.3 Å². The summed E-state index contributed by atoms with van der Waals surface area (Å²) in [6.45, 7) is 5.07. The minimum absolute atomic E-state index is 0.406. The first-order chi connectivity index (χ1) is 8.69. The van der Waals surface area contributed by atoms with Crippen LogP contribution >= 0.6 is 22.6 Å². The molecule has 1 aromatic rings. The number of carbonyl (C=O) groups is 2. The third-order valence-corrected chi connectivity index (χ3v) is 2.62. The van der Waals surface area contributed by atoms with Crippen molar-refractivity contribution in [3.8, 4) is 0 Å². The summed E-state index contributed by atoms with van der Waals surface area (Å²) in [6.07, 6.45) is -0.907. The van der Waals surface area contributed by atoms with Gasteiger partial charge >= 0.3 is 12.1 Å². The molecule has 3 amide bonds. The van der Waals surface area contributed by atoms with Gasteiger partial charge in [-0.25, -0.2) is 15.4 Å². The van der Waals surface area contributed by atoms with Gasteiger partial charge in [0, 0.05) is 9.26 Å². The number of carbonyl (C=O) groups excluding carboxylic acids is 2. The van der Waals surface area contributed by atoms with Gasteiger partial charge in [-0.2, -0.15) is 5.01 Å². The molecule has 3 N–H and O–H groups in total. The third kappa shape index (κ3) is 5.43. The highest BCUT2D eigenvalue weighted by molar-refractivity contribution is 14.1. The zero-order valence-corrected chi connectivity index (χ0v) is 13.1. The van der Waals surface area contributed by atoms with E-state index in [4.69, 9.17) is 10.6 Å². The van der Waals surface area contributed by atoms with Gasteiger partial charge in [-0.15, -0.1) is 0 Å². The Balaban J connectivity index is 2.62. The highest BCUT2D eigenvalue weighted by Gasteiger charge is 2.24. The molecule has 0 atom stereocenters. The largest absolute Gasteiger partial charge is 0.442 e. The molecular formula is C12H16IN3O3. The van der Waals surface area contributed by atoms with Crippen molar-refractivity contribution >= 4 is 40.4 Å². The molecule has 1 rings (SSSR count). The van der Waals surface area contributed by atoms with E-state index in [1.54, 1.807) is 32.9 Å². The van der Waals surface area contributed by atoms with Crippen molar-refractivity contribution in [2.75, 3.05) is 5.32 Å². The Hall–Kier alpha value is -1.35. The molecule has 7 heteroatoms. The first kappa shape index (κ1) is 15.7. The van der Waals surface area contributed by atoms with Crippen LogP contribution in [-0.4, -0.2) is 22.7 Å². The molecule has 104 valence electrons. The molecule has 0 spiro atoms. The van der Waals surface area contributed by atoms with Crippen molar-refractivity contribution < 1.29 is 14.3 Å². The number of benzene rings is 1. The van der Waals surface area contributed by atoms with Crippen LogP contribution in [0.5, 0.6) is 0 Å². The summed E-state index contributed by atoms with van der Waals surface area (Å²) in [4.78, 5) is 23.3. The van der Waals surface area contributed by atoms with E-state index in [1.165, 1.54) is 0 Å². The Morgan fingerprint density at radius 1 is 1.26 bits per heavy atom. The first-order valence-corrected chi connectivity index (χ1v) is 6.61. The average Bonchev–Trinajstić information content (AvgIpc) is 2.28. The molecule has 0 saturated heterocycles. The number of imide groups is 1. The summed E-state index contributed by atoms with van der Waals surface area (Å²) < 4.78 is 6.01. The van der Waals surface area contributed by atoms with Crippen LogP contribution in [0.3, 0.4) is 0 Å². The van der Waals surface area contributed by atoms with Crippen molar-refractivity contribution in [1.82, 2.24) is 5.01 Å². The Morgan fingerprint density at radius 2 is 1.79 bits per heavy atom. The monoisotopic (exact) mass is 377 g/mol. The molecule has 0 aliphatic heterocycles. The first-order valence-electron chi connectivity index (χ1n) is 5.53. The zero-order valence-electron chi connectivity index (χ0n) is 10.9. The maximum atomic E-state index is 11.7. The lowest BCUT2D eigenvalue weighted by molar-refractivity contribution is 0.0331. The summed E-state index contributed by atoms with van der Waals surface area (Å²) >= 11 is 2.15. The van der Waals surface area contributed by atoms with E-state index in [2.05, 4.69) is 27.9 Å². The lowest BCUT2D eigenvalue weighted by atomic mass is 10.2. The van der Waals surface area contributed by atoms with Crippen molar-refractivity contribution in [3.05, 3.63) is 27.8 Å². The summed E-state index contributed by atoms with van der Waals surface area (Å²) in [5, 5.41) is 2.90. The summed E-state index contributed by atoms with van der Waals surface area (Å²) in [7, 11) is 0. The number of rotatable bonds is 1. The van der Waals surface area contributed by atoms with Crippen LogP contribution in [0.25, 0.3) is 0 Å². The molecule has 0 heterocycles. The maximum absolute atomic E-state index is 11.7. The molecule has 1 aromatic carbocycles. The number of hydrazine groups is 1. The fourth-order valence-corrected chi connectivity index (χ4v) is 1.47. The van der Waals surface area contributed by atoms with E-state index in [-0.39, 0.29) is 0 Å². The topological polar surface area (TPSA) is 84.7 Å². The second-order valence-corrected chi connectivity index (χ2v) is 6.03. The lowest BCUT2D eigenvalue weighted by Gasteiger charge is -2.23. The Kier molecular flexibility index (Phi) is 5.12. The highest BCUT2D eigenvalue weighted by atomic mass is 127. The number of nitrogens with two attached hydrogens (primary N) is 1. The number of halogens is 1. The van der Waals surface area contributed by atoms with Gasteiger partial charge in [-0.05, 0) is 67.6 Å². The Morgan fingerprint density at radius 3 is 2.26 bits per heavy atom. The van der Waals surface area contributed by atoms with Gasteiger partial charge in [0.15, 0.2) is 0 Å². The number of hydrogen-bond donors (Lipinski definition) is 2. The van der Waals surface area contributed by atoms with Gasteiger partial charge in [0.05, 0.1) is 0 Å². The minimum Gasteiger partial charge on any atom is -0.442 e. The van der Waals surface area contributed by atoms with Gasteiger partial charge in [0.1, 0.15) is 5.60 Å². The quantitative estimate of drug-likeness (QED) is 0.341. The molecule has 0 saturated carbocycles. The van der Waals surface area contributed by atoms with Gasteiger partial charge < -0.3 is 10.1 Å². The summed E-state index contributed by atoms with van der Waals surface area (Å²) in [5.74, 6) is 5.39. The molecule has 0 bridgehead atoms. The molecule has 0 aliphatic carbocycles. The molecule has 6 nitrogen and oxygen atoms in total. The number of nitrogens with one attached hydrogen (secondary N) is 1. The number of urea groups is 1. The van der Waals surface area contributed by atoms with E-state index in [0.29, 0.717) is 10.7 Å². The van der Waals surface area contributed by atoms with Crippen molar-refractivity contribution in [2.45, 2.75) is 26.4 Å². The van der Waals surface area contributed by atoms with Crippen LogP contribution in [0.1, 0.15) is 20.8 Å². The van der Waals surface area contributed by atoms with E-state index in [0.717, 1.165) is 3.57 Å². The van der Waals surface area contributed by atoms with E-state index < -0.39 is 17.7 Å². The summed E-state index contributed by atoms with van der Waals surface area (Å²) in [5.41, 5.74) is -0.165. The predicted octanol–water partition coefficient (Wildman–Crippen LogP) is 2.93. The van der Waals surface area contributed by atoms with Gasteiger partial charge in [-0.1, -0.05) is 0 Å². The fourth-order valence-electron chi connectivity index (χ4n) is 1.11. The lowest BCUT2D eigenvalue weighted by Crippen LogP contribution is -2.47. The van der Waals surface area contributed by atoms with Gasteiger partial charge in [0.2, 0.25) is 0 Å². The van der Waals surface area contributed by atoms with Gasteiger partial charge in [0.25, 0.3) is 0 Å². The summed E-state index contributed by atoms with van der Waals surface area (Å²) in [6, 6.07) is 6.32. The normalized spacial score (nSPS) is 10.8. The third-order valence-electron chi connectivity index (χ3n) is 1.90. The average molecular weight is 377 g/mol. The smallest absolute Gasteiger partial charge is 0.433 e. The van der Waals surface area contributed by atoms with Crippen LogP contribution in [0.2, 0.25) is 0 Å². The number of anilines is 1. The molecule has 0 aromatic heterocycles. The van der Waals surface area contributed by atoms with E-state index >= 15 is 0 Å².